The molecular weight excluding hydrogens is 303 g/mol. The van der Waals surface area contributed by atoms with E-state index >= 15 is 0 Å². The third kappa shape index (κ3) is 5.27. The number of anilines is 1. The van der Waals surface area contributed by atoms with Crippen LogP contribution in [-0.2, 0) is 9.59 Å². The van der Waals surface area contributed by atoms with Gasteiger partial charge in [0.05, 0.1) is 5.41 Å². The van der Waals surface area contributed by atoms with Gasteiger partial charge in [-0.25, -0.2) is 4.79 Å². The van der Waals surface area contributed by atoms with E-state index in [0.29, 0.717) is 5.69 Å². The van der Waals surface area contributed by atoms with Gasteiger partial charge >= 0.3 is 12.1 Å². The van der Waals surface area contributed by atoms with Crippen molar-refractivity contribution in [2.24, 2.45) is 5.41 Å². The Kier molecular flexibility index (Phi) is 5.40. The molecule has 0 heterocycles. The van der Waals surface area contributed by atoms with Gasteiger partial charge in [-0.15, -0.1) is 0 Å². The standard InChI is InChI=1S/C14H16F3NO4/c1-13(2,14(15,16)17)7-11(19)18-9-3-5-10(6-4-9)22-8-12(20)21/h3-6H,7-8H2,1-2H3,(H,18,19)(H,20,21). The lowest BCUT2D eigenvalue weighted by Gasteiger charge is -2.26. The monoisotopic (exact) mass is 319 g/mol. The van der Waals surface area contributed by atoms with Crippen LogP contribution >= 0.6 is 0 Å². The molecule has 0 saturated heterocycles. The Morgan fingerprint density at radius 3 is 2.18 bits per heavy atom. The highest BCUT2D eigenvalue weighted by Crippen LogP contribution is 2.40. The maximum absolute atomic E-state index is 12.7. The van der Waals surface area contributed by atoms with Gasteiger partial charge in [-0.05, 0) is 24.3 Å². The zero-order chi connectivity index (χ0) is 17.0. The number of rotatable bonds is 6. The highest BCUT2D eigenvalue weighted by Gasteiger charge is 2.48. The predicted molar refractivity (Wildman–Crippen MR) is 72.7 cm³/mol. The molecule has 0 aromatic heterocycles. The van der Waals surface area contributed by atoms with Crippen LogP contribution in [0.1, 0.15) is 20.3 Å². The van der Waals surface area contributed by atoms with Crippen molar-refractivity contribution in [1.29, 1.82) is 0 Å². The van der Waals surface area contributed by atoms with Gasteiger partial charge in [-0.1, -0.05) is 13.8 Å². The minimum absolute atomic E-state index is 0.274. The number of carbonyl (C=O) groups excluding carboxylic acids is 1. The molecule has 1 rings (SSSR count). The Balaban J connectivity index is 2.60. The number of carbonyl (C=O) groups is 2. The molecule has 0 unspecified atom stereocenters. The minimum Gasteiger partial charge on any atom is -0.482 e. The average Bonchev–Trinajstić information content (AvgIpc) is 2.35. The van der Waals surface area contributed by atoms with Crippen molar-refractivity contribution >= 4 is 17.6 Å². The highest BCUT2D eigenvalue weighted by molar-refractivity contribution is 5.91. The summed E-state index contributed by atoms with van der Waals surface area (Å²) in [6.45, 7) is 1.40. The number of alkyl halides is 3. The molecular formula is C14H16F3NO4. The number of carboxylic acids is 1. The van der Waals surface area contributed by atoms with Gasteiger partial charge in [0.15, 0.2) is 6.61 Å². The van der Waals surface area contributed by atoms with E-state index < -0.39 is 36.5 Å². The first kappa shape index (κ1) is 17.8. The Labute approximate surface area is 125 Å². The second-order valence-electron chi connectivity index (χ2n) is 5.31. The molecule has 0 radical (unpaired) electrons. The Morgan fingerprint density at radius 1 is 1.18 bits per heavy atom. The number of hydrogen-bond acceptors (Lipinski definition) is 3. The molecule has 0 aliphatic heterocycles. The lowest BCUT2D eigenvalue weighted by atomic mass is 9.88. The minimum atomic E-state index is -4.47. The normalized spacial score (nSPS) is 11.9. The fourth-order valence-electron chi connectivity index (χ4n) is 1.49. The molecule has 0 spiro atoms. The number of nitrogens with one attached hydrogen (secondary N) is 1. The fraction of sp³-hybridized carbons (Fsp3) is 0.429. The topological polar surface area (TPSA) is 75.6 Å². The summed E-state index contributed by atoms with van der Waals surface area (Å²) in [4.78, 5) is 22.0. The van der Waals surface area contributed by atoms with Crippen LogP contribution < -0.4 is 10.1 Å². The smallest absolute Gasteiger partial charge is 0.394 e. The number of aliphatic carboxylic acids is 1. The quantitative estimate of drug-likeness (QED) is 0.845. The first-order valence-corrected chi connectivity index (χ1v) is 6.32. The lowest BCUT2D eigenvalue weighted by Crippen LogP contribution is -2.35. The Morgan fingerprint density at radius 2 is 1.73 bits per heavy atom. The molecule has 22 heavy (non-hydrogen) atoms. The molecule has 1 aromatic rings. The molecule has 0 atom stereocenters. The van der Waals surface area contributed by atoms with E-state index in [1.165, 1.54) is 24.3 Å². The maximum Gasteiger partial charge on any atom is 0.394 e. The van der Waals surface area contributed by atoms with Crippen LogP contribution in [0.2, 0.25) is 0 Å². The Hall–Kier alpha value is -2.25. The van der Waals surface area contributed by atoms with Crippen molar-refractivity contribution < 1.29 is 32.6 Å². The predicted octanol–water partition coefficient (Wildman–Crippen LogP) is 3.07. The zero-order valence-electron chi connectivity index (χ0n) is 12.0. The summed E-state index contributed by atoms with van der Waals surface area (Å²) < 4.78 is 43.0. The second-order valence-corrected chi connectivity index (χ2v) is 5.31. The molecule has 1 amide bonds. The molecule has 8 heteroatoms. The summed E-state index contributed by atoms with van der Waals surface area (Å²) in [6, 6.07) is 5.65. The lowest BCUT2D eigenvalue weighted by molar-refractivity contribution is -0.213. The molecule has 5 nitrogen and oxygen atoms in total. The van der Waals surface area contributed by atoms with E-state index in [9.17, 15) is 22.8 Å². The largest absolute Gasteiger partial charge is 0.482 e. The maximum atomic E-state index is 12.7. The molecule has 0 fully saturated rings. The summed E-state index contributed by atoms with van der Waals surface area (Å²) >= 11 is 0. The number of benzene rings is 1. The van der Waals surface area contributed by atoms with Crippen molar-refractivity contribution in [2.75, 3.05) is 11.9 Å². The number of halogens is 3. The van der Waals surface area contributed by atoms with Crippen LogP contribution in [0.15, 0.2) is 24.3 Å². The molecule has 122 valence electrons. The van der Waals surface area contributed by atoms with Crippen molar-refractivity contribution in [2.45, 2.75) is 26.4 Å². The van der Waals surface area contributed by atoms with Gasteiger partial charge in [-0.3, -0.25) is 4.79 Å². The van der Waals surface area contributed by atoms with Gasteiger partial charge in [-0.2, -0.15) is 13.2 Å². The highest BCUT2D eigenvalue weighted by atomic mass is 19.4. The van der Waals surface area contributed by atoms with Crippen LogP contribution in [0, 0.1) is 5.41 Å². The van der Waals surface area contributed by atoms with Gasteiger partial charge in [0, 0.05) is 12.1 Å². The first-order chi connectivity index (χ1) is 10.0. The van der Waals surface area contributed by atoms with E-state index in [1.807, 2.05) is 0 Å². The van der Waals surface area contributed by atoms with Crippen LogP contribution in [0.5, 0.6) is 5.75 Å². The van der Waals surface area contributed by atoms with E-state index in [0.717, 1.165) is 13.8 Å². The van der Waals surface area contributed by atoms with E-state index in [-0.39, 0.29) is 5.75 Å². The van der Waals surface area contributed by atoms with Crippen LogP contribution in [0.25, 0.3) is 0 Å². The van der Waals surface area contributed by atoms with Crippen LogP contribution in [0.3, 0.4) is 0 Å². The van der Waals surface area contributed by atoms with Gasteiger partial charge in [0.25, 0.3) is 0 Å². The van der Waals surface area contributed by atoms with Crippen LogP contribution in [0.4, 0.5) is 18.9 Å². The molecule has 0 saturated carbocycles. The van der Waals surface area contributed by atoms with E-state index in [1.54, 1.807) is 0 Å². The first-order valence-electron chi connectivity index (χ1n) is 6.32. The molecule has 2 N–H and O–H groups in total. The molecule has 1 aromatic carbocycles. The van der Waals surface area contributed by atoms with E-state index in [4.69, 9.17) is 9.84 Å². The molecule has 0 bridgehead atoms. The molecule has 0 aliphatic carbocycles. The summed E-state index contributed by atoms with van der Waals surface area (Å²) in [7, 11) is 0. The average molecular weight is 319 g/mol. The van der Waals surface area contributed by atoms with Crippen molar-refractivity contribution in [3.05, 3.63) is 24.3 Å². The number of hydrogen-bond donors (Lipinski definition) is 2. The summed E-state index contributed by atoms with van der Waals surface area (Å²) in [6.07, 6.45) is -5.17. The number of carboxylic acid groups (broad SMARTS) is 1. The summed E-state index contributed by atoms with van der Waals surface area (Å²) in [5.41, 5.74) is -1.83. The van der Waals surface area contributed by atoms with E-state index in [2.05, 4.69) is 5.32 Å². The van der Waals surface area contributed by atoms with Crippen molar-refractivity contribution in [1.82, 2.24) is 0 Å². The fourth-order valence-corrected chi connectivity index (χ4v) is 1.49. The number of amides is 1. The second kappa shape index (κ2) is 6.67. The van der Waals surface area contributed by atoms with Gasteiger partial charge in [0.2, 0.25) is 5.91 Å². The zero-order valence-corrected chi connectivity index (χ0v) is 12.0. The van der Waals surface area contributed by atoms with Gasteiger partial charge < -0.3 is 15.2 Å². The summed E-state index contributed by atoms with van der Waals surface area (Å²) in [5.74, 6) is -1.62. The van der Waals surface area contributed by atoms with Gasteiger partial charge in [0.1, 0.15) is 5.75 Å². The SMILES string of the molecule is CC(C)(CC(=O)Nc1ccc(OCC(=O)O)cc1)C(F)(F)F. The third-order valence-corrected chi connectivity index (χ3v) is 2.87. The van der Waals surface area contributed by atoms with Crippen molar-refractivity contribution in [3.63, 3.8) is 0 Å². The summed E-state index contributed by atoms with van der Waals surface area (Å²) in [5, 5.41) is 10.8. The molecule has 0 aliphatic rings. The van der Waals surface area contributed by atoms with Crippen molar-refractivity contribution in [3.8, 4) is 5.75 Å². The Bertz CT molecular complexity index is 538. The number of ether oxygens (including phenoxy) is 1. The third-order valence-electron chi connectivity index (χ3n) is 2.87. The van der Waals surface area contributed by atoms with Crippen LogP contribution in [-0.4, -0.2) is 29.8 Å².